The number of aromatic amines is 1. The summed E-state index contributed by atoms with van der Waals surface area (Å²) < 4.78 is 11.0. The second-order valence-electron chi connectivity index (χ2n) is 6.75. The highest BCUT2D eigenvalue weighted by molar-refractivity contribution is 5.92. The van der Waals surface area contributed by atoms with Crippen molar-refractivity contribution in [3.63, 3.8) is 0 Å². The first-order chi connectivity index (χ1) is 11.5. The number of amides is 1. The number of likely N-dealkylation sites (N-methyl/N-ethyl adjacent to an activating group) is 1. The van der Waals surface area contributed by atoms with E-state index >= 15 is 0 Å². The van der Waals surface area contributed by atoms with Crippen LogP contribution in [0.1, 0.15) is 22.4 Å². The summed E-state index contributed by atoms with van der Waals surface area (Å²) in [5.74, 6) is 0.104. The Morgan fingerprint density at radius 2 is 2.08 bits per heavy atom. The summed E-state index contributed by atoms with van der Waals surface area (Å²) in [7, 11) is 1.83. The number of fused-ring (bicyclic) bond motifs is 1. The number of rotatable bonds is 4. The molecular weight excluding hydrogens is 304 g/mol. The molecule has 2 aromatic rings. The number of aromatic nitrogens is 1. The number of nitrogens with zero attached hydrogens (tertiary/aromatic N) is 1. The number of carbonyl (C=O) groups excluding carboxylic acids is 1. The van der Waals surface area contributed by atoms with Gasteiger partial charge >= 0.3 is 0 Å². The van der Waals surface area contributed by atoms with E-state index in [1.807, 2.05) is 14.0 Å². The molecule has 1 aromatic heterocycles. The molecule has 1 atom stereocenters. The standard InChI is InChI=1S/C19H26N2O3/c1-12-7-13(2)19-17(8-12)16(14(3)20-19)9-18(22)21(4)10-15-11-23-5-6-24-15/h7-8,15,20H,5-6,9-11H2,1-4H3/t15-/m1/s1. The van der Waals surface area contributed by atoms with E-state index in [0.29, 0.717) is 32.8 Å². The van der Waals surface area contributed by atoms with Crippen LogP contribution in [0.15, 0.2) is 12.1 Å². The highest BCUT2D eigenvalue weighted by Gasteiger charge is 2.21. The molecule has 1 amide bonds. The molecule has 24 heavy (non-hydrogen) atoms. The number of H-pyrrole nitrogens is 1. The fourth-order valence-corrected chi connectivity index (χ4v) is 3.40. The lowest BCUT2D eigenvalue weighted by Gasteiger charge is -2.27. The van der Waals surface area contributed by atoms with Crippen molar-refractivity contribution in [1.29, 1.82) is 0 Å². The lowest BCUT2D eigenvalue weighted by molar-refractivity contribution is -0.135. The Morgan fingerprint density at radius 3 is 2.79 bits per heavy atom. The second-order valence-corrected chi connectivity index (χ2v) is 6.75. The van der Waals surface area contributed by atoms with Gasteiger partial charge in [-0.1, -0.05) is 11.6 Å². The summed E-state index contributed by atoms with van der Waals surface area (Å²) in [6.45, 7) is 8.60. The van der Waals surface area contributed by atoms with Crippen LogP contribution in [0.25, 0.3) is 10.9 Å². The Hall–Kier alpha value is -1.85. The summed E-state index contributed by atoms with van der Waals surface area (Å²) in [5, 5.41) is 1.16. The number of nitrogens with one attached hydrogen (secondary N) is 1. The van der Waals surface area contributed by atoms with Gasteiger partial charge in [0, 0.05) is 30.2 Å². The molecule has 1 aliphatic heterocycles. The van der Waals surface area contributed by atoms with Gasteiger partial charge in [0.15, 0.2) is 0 Å². The van der Waals surface area contributed by atoms with Gasteiger partial charge in [-0.25, -0.2) is 0 Å². The van der Waals surface area contributed by atoms with Gasteiger partial charge in [0.25, 0.3) is 0 Å². The minimum absolute atomic E-state index is 0.0266. The molecule has 2 heterocycles. The van der Waals surface area contributed by atoms with Crippen LogP contribution in [-0.2, 0) is 20.7 Å². The van der Waals surface area contributed by atoms with Gasteiger partial charge < -0.3 is 19.4 Å². The topological polar surface area (TPSA) is 54.6 Å². The Kier molecular flexibility index (Phi) is 4.92. The highest BCUT2D eigenvalue weighted by Crippen LogP contribution is 2.27. The number of carbonyl (C=O) groups is 1. The van der Waals surface area contributed by atoms with Crippen LogP contribution in [0.5, 0.6) is 0 Å². The van der Waals surface area contributed by atoms with E-state index in [9.17, 15) is 4.79 Å². The van der Waals surface area contributed by atoms with E-state index in [0.717, 1.165) is 22.2 Å². The number of benzene rings is 1. The van der Waals surface area contributed by atoms with E-state index < -0.39 is 0 Å². The van der Waals surface area contributed by atoms with Crippen molar-refractivity contribution < 1.29 is 14.3 Å². The summed E-state index contributed by atoms with van der Waals surface area (Å²) in [6.07, 6.45) is 0.375. The van der Waals surface area contributed by atoms with Crippen LogP contribution in [0.4, 0.5) is 0 Å². The summed E-state index contributed by atoms with van der Waals surface area (Å²) in [6, 6.07) is 4.32. The summed E-state index contributed by atoms with van der Waals surface area (Å²) >= 11 is 0. The van der Waals surface area contributed by atoms with E-state index in [1.165, 1.54) is 11.1 Å². The molecule has 0 radical (unpaired) electrons. The maximum Gasteiger partial charge on any atom is 0.226 e. The van der Waals surface area contributed by atoms with Crippen LogP contribution in [0.2, 0.25) is 0 Å². The molecule has 3 rings (SSSR count). The van der Waals surface area contributed by atoms with Crippen LogP contribution in [0, 0.1) is 20.8 Å². The third kappa shape index (κ3) is 3.47. The number of hydrogen-bond donors (Lipinski definition) is 1. The first-order valence-corrected chi connectivity index (χ1v) is 8.47. The molecule has 0 saturated carbocycles. The normalized spacial score (nSPS) is 18.1. The van der Waals surface area contributed by atoms with Crippen LogP contribution >= 0.6 is 0 Å². The lowest BCUT2D eigenvalue weighted by atomic mass is 10.0. The quantitative estimate of drug-likeness (QED) is 0.937. The monoisotopic (exact) mass is 330 g/mol. The van der Waals surface area contributed by atoms with E-state index in [2.05, 4.69) is 31.0 Å². The smallest absolute Gasteiger partial charge is 0.226 e. The van der Waals surface area contributed by atoms with Gasteiger partial charge in [-0.05, 0) is 38.0 Å². The maximum atomic E-state index is 12.7. The van der Waals surface area contributed by atoms with Crippen molar-refractivity contribution in [3.8, 4) is 0 Å². The van der Waals surface area contributed by atoms with Gasteiger partial charge in [0.2, 0.25) is 5.91 Å². The van der Waals surface area contributed by atoms with Crippen molar-refractivity contribution in [1.82, 2.24) is 9.88 Å². The zero-order valence-corrected chi connectivity index (χ0v) is 14.9. The summed E-state index contributed by atoms with van der Waals surface area (Å²) in [4.78, 5) is 17.8. The lowest BCUT2D eigenvalue weighted by Crippen LogP contribution is -2.41. The summed E-state index contributed by atoms with van der Waals surface area (Å²) in [5.41, 5.74) is 5.72. The van der Waals surface area contributed by atoms with Gasteiger partial charge in [-0.3, -0.25) is 4.79 Å². The molecule has 0 unspecified atom stereocenters. The predicted molar refractivity (Wildman–Crippen MR) is 94.4 cm³/mol. The molecule has 1 aliphatic rings. The third-order valence-corrected chi connectivity index (χ3v) is 4.69. The second kappa shape index (κ2) is 6.95. The molecule has 5 heteroatoms. The number of aryl methyl sites for hydroxylation is 3. The van der Waals surface area contributed by atoms with Crippen molar-refractivity contribution >= 4 is 16.8 Å². The molecule has 1 aromatic carbocycles. The van der Waals surface area contributed by atoms with Gasteiger partial charge in [0.05, 0.1) is 32.3 Å². The van der Waals surface area contributed by atoms with E-state index in [-0.39, 0.29) is 12.0 Å². The van der Waals surface area contributed by atoms with Crippen molar-refractivity contribution in [2.75, 3.05) is 33.4 Å². The maximum absolute atomic E-state index is 12.7. The SMILES string of the molecule is Cc1cc(C)c2[nH]c(C)c(CC(=O)N(C)C[C@@H]3COCCO3)c2c1. The van der Waals surface area contributed by atoms with Gasteiger partial charge in [-0.2, -0.15) is 0 Å². The molecule has 0 bridgehead atoms. The Bertz CT molecular complexity index is 745. The minimum atomic E-state index is -0.0266. The van der Waals surface area contributed by atoms with Crippen molar-refractivity contribution in [2.45, 2.75) is 33.3 Å². The molecule has 5 nitrogen and oxygen atoms in total. The Morgan fingerprint density at radius 1 is 1.29 bits per heavy atom. The Balaban J connectivity index is 1.76. The minimum Gasteiger partial charge on any atom is -0.376 e. The van der Waals surface area contributed by atoms with Crippen LogP contribution in [-0.4, -0.2) is 55.3 Å². The molecule has 130 valence electrons. The van der Waals surface area contributed by atoms with Crippen molar-refractivity contribution in [3.05, 3.63) is 34.5 Å². The molecular formula is C19H26N2O3. The number of ether oxygens (including phenoxy) is 2. The molecule has 1 N–H and O–H groups in total. The largest absolute Gasteiger partial charge is 0.376 e. The molecule has 1 fully saturated rings. The van der Waals surface area contributed by atoms with Crippen LogP contribution < -0.4 is 0 Å². The molecule has 0 spiro atoms. The first kappa shape index (κ1) is 17.0. The average molecular weight is 330 g/mol. The Labute approximate surface area is 142 Å². The van der Waals surface area contributed by atoms with Gasteiger partial charge in [0.1, 0.15) is 0 Å². The van der Waals surface area contributed by atoms with Crippen LogP contribution in [0.3, 0.4) is 0 Å². The molecule has 1 saturated heterocycles. The fraction of sp³-hybridized carbons (Fsp3) is 0.526. The van der Waals surface area contributed by atoms with Gasteiger partial charge in [-0.15, -0.1) is 0 Å². The first-order valence-electron chi connectivity index (χ1n) is 8.47. The zero-order valence-electron chi connectivity index (χ0n) is 14.9. The molecule has 0 aliphatic carbocycles. The van der Waals surface area contributed by atoms with E-state index in [4.69, 9.17) is 9.47 Å². The third-order valence-electron chi connectivity index (χ3n) is 4.69. The zero-order chi connectivity index (χ0) is 17.3. The highest BCUT2D eigenvalue weighted by atomic mass is 16.6. The van der Waals surface area contributed by atoms with E-state index in [1.54, 1.807) is 4.90 Å². The fourth-order valence-electron chi connectivity index (χ4n) is 3.40. The van der Waals surface area contributed by atoms with Crippen molar-refractivity contribution in [2.24, 2.45) is 0 Å². The number of hydrogen-bond acceptors (Lipinski definition) is 3. The average Bonchev–Trinajstić information content (AvgIpc) is 2.85. The predicted octanol–water partition coefficient (Wildman–Crippen LogP) is 2.51.